The first-order valence-electron chi connectivity index (χ1n) is 9.76. The van der Waals surface area contributed by atoms with E-state index in [0.29, 0.717) is 17.9 Å². The van der Waals surface area contributed by atoms with E-state index in [1.54, 1.807) is 0 Å². The summed E-state index contributed by atoms with van der Waals surface area (Å²) in [6, 6.07) is 29.4. The number of ether oxygens (including phenoxy) is 1. The van der Waals surface area contributed by atoms with Crippen LogP contribution in [-0.4, -0.2) is 11.6 Å². The standard InChI is InChI=1S/C26H20N2O2/c1-2-30-22-14-12-20(13-15-22)23-16-25(28-26(29)24(23)17-27)21-10-8-19(9-11-21)18-6-4-3-5-7-18/h3-16H,2H2,1H3,(H,28,29). The van der Waals surface area contributed by atoms with E-state index in [4.69, 9.17) is 4.74 Å². The van der Waals surface area contributed by atoms with E-state index in [-0.39, 0.29) is 5.56 Å². The number of pyridine rings is 1. The zero-order valence-corrected chi connectivity index (χ0v) is 16.6. The zero-order chi connectivity index (χ0) is 20.9. The number of rotatable bonds is 5. The van der Waals surface area contributed by atoms with E-state index < -0.39 is 5.56 Å². The van der Waals surface area contributed by atoms with Crippen LogP contribution in [0.25, 0.3) is 33.5 Å². The molecule has 0 fully saturated rings. The first-order chi connectivity index (χ1) is 14.7. The maximum absolute atomic E-state index is 12.6. The number of aromatic amines is 1. The molecule has 3 aromatic carbocycles. The Morgan fingerprint density at radius 3 is 2.07 bits per heavy atom. The third-order valence-corrected chi connectivity index (χ3v) is 4.92. The van der Waals surface area contributed by atoms with Gasteiger partial charge in [-0.2, -0.15) is 5.26 Å². The Labute approximate surface area is 175 Å². The maximum Gasteiger partial charge on any atom is 0.266 e. The van der Waals surface area contributed by atoms with Crippen LogP contribution in [-0.2, 0) is 0 Å². The summed E-state index contributed by atoms with van der Waals surface area (Å²) in [5, 5.41) is 9.53. The van der Waals surface area contributed by atoms with Gasteiger partial charge in [-0.3, -0.25) is 4.79 Å². The Bertz CT molecular complexity index is 1250. The van der Waals surface area contributed by atoms with Gasteiger partial charge in [0, 0.05) is 11.3 Å². The topological polar surface area (TPSA) is 65.9 Å². The molecule has 0 bridgehead atoms. The van der Waals surface area contributed by atoms with Gasteiger partial charge in [-0.05, 0) is 47.4 Å². The third kappa shape index (κ3) is 3.87. The molecule has 0 aliphatic heterocycles. The van der Waals surface area contributed by atoms with Crippen molar-refractivity contribution in [2.75, 3.05) is 6.61 Å². The van der Waals surface area contributed by atoms with Gasteiger partial charge in [0.1, 0.15) is 17.4 Å². The molecule has 30 heavy (non-hydrogen) atoms. The van der Waals surface area contributed by atoms with E-state index in [1.807, 2.05) is 85.8 Å². The van der Waals surface area contributed by atoms with Crippen LogP contribution < -0.4 is 10.3 Å². The molecule has 4 heteroatoms. The predicted molar refractivity (Wildman–Crippen MR) is 119 cm³/mol. The van der Waals surface area contributed by atoms with Crippen LogP contribution in [0.3, 0.4) is 0 Å². The molecule has 146 valence electrons. The van der Waals surface area contributed by atoms with E-state index >= 15 is 0 Å². The summed E-state index contributed by atoms with van der Waals surface area (Å²) in [7, 11) is 0. The van der Waals surface area contributed by atoms with Gasteiger partial charge in [0.25, 0.3) is 5.56 Å². The van der Waals surface area contributed by atoms with Gasteiger partial charge in [0.2, 0.25) is 0 Å². The summed E-state index contributed by atoms with van der Waals surface area (Å²) in [4.78, 5) is 15.4. The lowest BCUT2D eigenvalue weighted by Crippen LogP contribution is -2.12. The average molecular weight is 392 g/mol. The highest BCUT2D eigenvalue weighted by atomic mass is 16.5. The quantitative estimate of drug-likeness (QED) is 0.477. The van der Waals surface area contributed by atoms with E-state index in [9.17, 15) is 10.1 Å². The van der Waals surface area contributed by atoms with Crippen molar-refractivity contribution >= 4 is 0 Å². The van der Waals surface area contributed by atoms with Gasteiger partial charge in [-0.1, -0.05) is 66.7 Å². The largest absolute Gasteiger partial charge is 0.494 e. The molecule has 0 aliphatic rings. The number of nitrogens with one attached hydrogen (secondary N) is 1. The van der Waals surface area contributed by atoms with Gasteiger partial charge in [-0.15, -0.1) is 0 Å². The minimum absolute atomic E-state index is 0.101. The lowest BCUT2D eigenvalue weighted by Gasteiger charge is -2.10. The number of H-pyrrole nitrogens is 1. The number of aromatic nitrogens is 1. The van der Waals surface area contributed by atoms with Crippen molar-refractivity contribution in [1.82, 2.24) is 4.98 Å². The summed E-state index contributed by atoms with van der Waals surface area (Å²) in [6.45, 7) is 2.50. The van der Waals surface area contributed by atoms with Gasteiger partial charge >= 0.3 is 0 Å². The van der Waals surface area contributed by atoms with E-state index in [2.05, 4.69) is 17.1 Å². The maximum atomic E-state index is 12.6. The van der Waals surface area contributed by atoms with Crippen LogP contribution in [0.5, 0.6) is 5.75 Å². The van der Waals surface area contributed by atoms with Crippen LogP contribution in [0.2, 0.25) is 0 Å². The van der Waals surface area contributed by atoms with Crippen LogP contribution in [0.1, 0.15) is 12.5 Å². The Morgan fingerprint density at radius 1 is 0.833 bits per heavy atom. The smallest absolute Gasteiger partial charge is 0.266 e. The minimum Gasteiger partial charge on any atom is -0.494 e. The molecule has 4 rings (SSSR count). The molecule has 4 aromatic rings. The van der Waals surface area contributed by atoms with Crippen molar-refractivity contribution in [2.45, 2.75) is 6.92 Å². The molecule has 1 heterocycles. The highest BCUT2D eigenvalue weighted by molar-refractivity contribution is 5.76. The number of hydrogen-bond acceptors (Lipinski definition) is 3. The number of benzene rings is 3. The number of hydrogen-bond donors (Lipinski definition) is 1. The summed E-state index contributed by atoms with van der Waals surface area (Å²) in [6.07, 6.45) is 0. The molecule has 0 radical (unpaired) electrons. The van der Waals surface area contributed by atoms with Crippen molar-refractivity contribution in [2.24, 2.45) is 0 Å². The molecule has 0 unspecified atom stereocenters. The first-order valence-corrected chi connectivity index (χ1v) is 9.76. The Hall–Kier alpha value is -4.10. The molecule has 1 N–H and O–H groups in total. The highest BCUT2D eigenvalue weighted by Crippen LogP contribution is 2.29. The second-order valence-electron chi connectivity index (χ2n) is 6.81. The lowest BCUT2D eigenvalue weighted by molar-refractivity contribution is 0.340. The van der Waals surface area contributed by atoms with Gasteiger partial charge in [0.15, 0.2) is 0 Å². The van der Waals surface area contributed by atoms with Crippen LogP contribution in [0.15, 0.2) is 89.7 Å². The van der Waals surface area contributed by atoms with E-state index in [1.165, 1.54) is 0 Å². The second-order valence-corrected chi connectivity index (χ2v) is 6.81. The monoisotopic (exact) mass is 392 g/mol. The molecule has 0 amide bonds. The van der Waals surface area contributed by atoms with Gasteiger partial charge in [-0.25, -0.2) is 0 Å². The van der Waals surface area contributed by atoms with Gasteiger partial charge < -0.3 is 9.72 Å². The van der Waals surface area contributed by atoms with Crippen LogP contribution in [0, 0.1) is 11.3 Å². The SMILES string of the molecule is CCOc1ccc(-c2cc(-c3ccc(-c4ccccc4)cc3)[nH]c(=O)c2C#N)cc1. The highest BCUT2D eigenvalue weighted by Gasteiger charge is 2.13. The van der Waals surface area contributed by atoms with Crippen molar-refractivity contribution in [1.29, 1.82) is 5.26 Å². The summed E-state index contributed by atoms with van der Waals surface area (Å²) in [5.41, 5.74) is 4.88. The molecule has 1 aromatic heterocycles. The summed E-state index contributed by atoms with van der Waals surface area (Å²) in [5.74, 6) is 0.751. The fraction of sp³-hybridized carbons (Fsp3) is 0.0769. The molecular formula is C26H20N2O2. The summed E-state index contributed by atoms with van der Waals surface area (Å²) >= 11 is 0. The van der Waals surface area contributed by atoms with Crippen molar-refractivity contribution in [3.8, 4) is 45.3 Å². The Kier molecular flexibility index (Phi) is 5.45. The minimum atomic E-state index is -0.397. The molecule has 0 atom stereocenters. The molecule has 4 nitrogen and oxygen atoms in total. The molecular weight excluding hydrogens is 372 g/mol. The Balaban J connectivity index is 1.75. The van der Waals surface area contributed by atoms with Crippen LogP contribution >= 0.6 is 0 Å². The first kappa shape index (κ1) is 19.2. The third-order valence-electron chi connectivity index (χ3n) is 4.92. The van der Waals surface area contributed by atoms with Crippen molar-refractivity contribution < 1.29 is 4.74 Å². The zero-order valence-electron chi connectivity index (χ0n) is 16.6. The Morgan fingerprint density at radius 2 is 1.43 bits per heavy atom. The predicted octanol–water partition coefficient (Wildman–Crippen LogP) is 5.65. The van der Waals surface area contributed by atoms with Crippen molar-refractivity contribution in [3.05, 3.63) is 101 Å². The summed E-state index contributed by atoms with van der Waals surface area (Å²) < 4.78 is 5.48. The second kappa shape index (κ2) is 8.50. The normalized spacial score (nSPS) is 10.4. The fourth-order valence-corrected chi connectivity index (χ4v) is 3.42. The fourth-order valence-electron chi connectivity index (χ4n) is 3.42. The average Bonchev–Trinajstić information content (AvgIpc) is 2.80. The van der Waals surface area contributed by atoms with Gasteiger partial charge in [0.05, 0.1) is 6.61 Å². The molecule has 0 saturated carbocycles. The van der Waals surface area contributed by atoms with Crippen LogP contribution in [0.4, 0.5) is 0 Å². The molecule has 0 saturated heterocycles. The molecule has 0 aliphatic carbocycles. The number of nitrogens with zero attached hydrogens (tertiary/aromatic N) is 1. The van der Waals surface area contributed by atoms with E-state index in [0.717, 1.165) is 28.0 Å². The van der Waals surface area contributed by atoms with Crippen molar-refractivity contribution in [3.63, 3.8) is 0 Å². The number of nitriles is 1. The molecule has 0 spiro atoms. The lowest BCUT2D eigenvalue weighted by atomic mass is 9.98.